The Morgan fingerprint density at radius 1 is 1.06 bits per heavy atom. The second-order valence-electron chi connectivity index (χ2n) is 6.05. The minimum absolute atomic E-state index is 0.400. The maximum atomic E-state index is 6.36. The number of likely N-dealkylation sites (tertiary alicyclic amines) is 1. The Bertz CT molecular complexity index is 370. The van der Waals surface area contributed by atoms with Crippen LogP contribution in [0.2, 0.25) is 0 Å². The Balaban J connectivity index is 1.59. The van der Waals surface area contributed by atoms with Crippen LogP contribution in [0.5, 0.6) is 0 Å². The van der Waals surface area contributed by atoms with Gasteiger partial charge in [-0.05, 0) is 17.4 Å². The van der Waals surface area contributed by atoms with Crippen LogP contribution in [-0.2, 0) is 6.54 Å². The first kappa shape index (κ1) is 12.2. The van der Waals surface area contributed by atoms with Crippen molar-refractivity contribution < 1.29 is 0 Å². The van der Waals surface area contributed by atoms with Gasteiger partial charge in [0.2, 0.25) is 0 Å². The summed E-state index contributed by atoms with van der Waals surface area (Å²) in [5.41, 5.74) is 7.77. The average Bonchev–Trinajstić information content (AvgIpc) is 3.00. The van der Waals surface area contributed by atoms with Gasteiger partial charge in [-0.15, -0.1) is 0 Å². The van der Waals surface area contributed by atoms with Crippen LogP contribution in [0.15, 0.2) is 30.3 Å². The zero-order chi connectivity index (χ0) is 12.4. The van der Waals surface area contributed by atoms with E-state index in [0.29, 0.717) is 6.04 Å². The van der Waals surface area contributed by atoms with Gasteiger partial charge in [0.15, 0.2) is 0 Å². The summed E-state index contributed by atoms with van der Waals surface area (Å²) in [4.78, 5) is 2.54. The molecule has 1 aromatic carbocycles. The Morgan fingerprint density at radius 3 is 2.50 bits per heavy atom. The number of nitrogens with zero attached hydrogens (tertiary/aromatic N) is 1. The molecule has 2 fully saturated rings. The van der Waals surface area contributed by atoms with Crippen molar-refractivity contribution in [2.75, 3.05) is 13.1 Å². The van der Waals surface area contributed by atoms with Crippen LogP contribution in [-0.4, -0.2) is 24.0 Å². The summed E-state index contributed by atoms with van der Waals surface area (Å²) >= 11 is 0. The summed E-state index contributed by atoms with van der Waals surface area (Å²) in [6.45, 7) is 3.36. The molecule has 0 bridgehead atoms. The summed E-state index contributed by atoms with van der Waals surface area (Å²) in [7, 11) is 0. The fraction of sp³-hybridized carbons (Fsp3) is 0.625. The molecule has 3 rings (SSSR count). The van der Waals surface area contributed by atoms with Crippen molar-refractivity contribution in [1.82, 2.24) is 4.90 Å². The molecule has 0 radical (unpaired) electrons. The highest BCUT2D eigenvalue weighted by atomic mass is 15.2. The van der Waals surface area contributed by atoms with Crippen molar-refractivity contribution in [3.8, 4) is 0 Å². The molecule has 2 heteroatoms. The lowest BCUT2D eigenvalue weighted by atomic mass is 9.87. The Labute approximate surface area is 110 Å². The molecule has 0 spiro atoms. The van der Waals surface area contributed by atoms with Gasteiger partial charge in [-0.1, -0.05) is 56.0 Å². The van der Waals surface area contributed by atoms with Crippen molar-refractivity contribution in [3.63, 3.8) is 0 Å². The molecule has 2 aliphatic rings. The molecule has 1 heterocycles. The van der Waals surface area contributed by atoms with Crippen molar-refractivity contribution >= 4 is 0 Å². The molecule has 1 aliphatic heterocycles. The van der Waals surface area contributed by atoms with Crippen LogP contribution >= 0.6 is 0 Å². The smallest absolute Gasteiger partial charge is 0.0234 e. The zero-order valence-electron chi connectivity index (χ0n) is 11.1. The number of hydrogen-bond acceptors (Lipinski definition) is 2. The summed E-state index contributed by atoms with van der Waals surface area (Å²) in [5.74, 6) is 1.65. The number of nitrogens with two attached hydrogens (primary N) is 1. The first-order valence-electron chi connectivity index (χ1n) is 7.35. The minimum Gasteiger partial charge on any atom is -0.326 e. The summed E-state index contributed by atoms with van der Waals surface area (Å²) < 4.78 is 0. The molecule has 1 saturated carbocycles. The van der Waals surface area contributed by atoms with Gasteiger partial charge in [0, 0.05) is 25.7 Å². The fourth-order valence-electron chi connectivity index (χ4n) is 3.80. The van der Waals surface area contributed by atoms with Crippen LogP contribution in [0.25, 0.3) is 0 Å². The molecule has 0 aromatic heterocycles. The third-order valence-corrected chi connectivity index (χ3v) is 4.74. The number of rotatable bonds is 3. The highest BCUT2D eigenvalue weighted by Gasteiger charge is 2.36. The second kappa shape index (κ2) is 5.41. The Morgan fingerprint density at radius 2 is 1.78 bits per heavy atom. The molecule has 2 N–H and O–H groups in total. The van der Waals surface area contributed by atoms with Crippen molar-refractivity contribution in [3.05, 3.63) is 35.9 Å². The Hall–Kier alpha value is -0.860. The van der Waals surface area contributed by atoms with E-state index < -0.39 is 0 Å². The van der Waals surface area contributed by atoms with Gasteiger partial charge in [-0.2, -0.15) is 0 Å². The zero-order valence-corrected chi connectivity index (χ0v) is 11.1. The predicted octanol–water partition coefficient (Wildman–Crippen LogP) is 2.64. The standard InChI is InChI=1S/C16H24N2/c17-16-12-18(10-13-6-2-1-3-7-13)11-15(16)14-8-4-5-9-14/h1-3,6-7,14-16H,4-5,8-12,17H2/t15-,16+/m0/s1. The van der Waals surface area contributed by atoms with Gasteiger partial charge < -0.3 is 5.73 Å². The van der Waals surface area contributed by atoms with E-state index in [4.69, 9.17) is 5.73 Å². The van der Waals surface area contributed by atoms with E-state index in [1.807, 2.05) is 0 Å². The first-order valence-corrected chi connectivity index (χ1v) is 7.35. The highest BCUT2D eigenvalue weighted by Crippen LogP contribution is 2.36. The van der Waals surface area contributed by atoms with Gasteiger partial charge in [0.05, 0.1) is 0 Å². The van der Waals surface area contributed by atoms with E-state index in [9.17, 15) is 0 Å². The van der Waals surface area contributed by atoms with E-state index in [0.717, 1.165) is 24.9 Å². The minimum atomic E-state index is 0.400. The number of hydrogen-bond donors (Lipinski definition) is 1. The van der Waals surface area contributed by atoms with E-state index in [1.165, 1.54) is 37.8 Å². The van der Waals surface area contributed by atoms with Crippen molar-refractivity contribution in [1.29, 1.82) is 0 Å². The van der Waals surface area contributed by atoms with Crippen molar-refractivity contribution in [2.45, 2.75) is 38.3 Å². The molecule has 18 heavy (non-hydrogen) atoms. The third-order valence-electron chi connectivity index (χ3n) is 4.74. The third kappa shape index (κ3) is 2.60. The summed E-state index contributed by atoms with van der Waals surface area (Å²) in [6.07, 6.45) is 5.67. The highest BCUT2D eigenvalue weighted by molar-refractivity contribution is 5.15. The van der Waals surface area contributed by atoms with Gasteiger partial charge >= 0.3 is 0 Å². The molecule has 2 nitrogen and oxygen atoms in total. The van der Waals surface area contributed by atoms with Gasteiger partial charge in [-0.25, -0.2) is 0 Å². The van der Waals surface area contributed by atoms with Crippen LogP contribution in [0.3, 0.4) is 0 Å². The topological polar surface area (TPSA) is 29.3 Å². The maximum absolute atomic E-state index is 6.36. The molecule has 1 saturated heterocycles. The summed E-state index contributed by atoms with van der Waals surface area (Å²) in [5, 5.41) is 0. The summed E-state index contributed by atoms with van der Waals surface area (Å²) in [6, 6.07) is 11.2. The molecule has 0 amide bonds. The van der Waals surface area contributed by atoms with E-state index in [1.54, 1.807) is 0 Å². The van der Waals surface area contributed by atoms with Crippen LogP contribution < -0.4 is 5.73 Å². The monoisotopic (exact) mass is 244 g/mol. The quantitative estimate of drug-likeness (QED) is 0.885. The van der Waals surface area contributed by atoms with E-state index in [-0.39, 0.29) is 0 Å². The predicted molar refractivity (Wildman–Crippen MR) is 75.1 cm³/mol. The first-order chi connectivity index (χ1) is 8.83. The van der Waals surface area contributed by atoms with Crippen molar-refractivity contribution in [2.24, 2.45) is 17.6 Å². The molecule has 1 aromatic rings. The largest absolute Gasteiger partial charge is 0.326 e. The lowest BCUT2D eigenvalue weighted by Gasteiger charge is -2.21. The van der Waals surface area contributed by atoms with Crippen LogP contribution in [0.1, 0.15) is 31.2 Å². The Kier molecular flexibility index (Phi) is 3.67. The fourth-order valence-corrected chi connectivity index (χ4v) is 3.80. The van der Waals surface area contributed by atoms with Crippen LogP contribution in [0.4, 0.5) is 0 Å². The lowest BCUT2D eigenvalue weighted by molar-refractivity contribution is 0.281. The van der Waals surface area contributed by atoms with Gasteiger partial charge in [0.25, 0.3) is 0 Å². The second-order valence-corrected chi connectivity index (χ2v) is 6.05. The molecular formula is C16H24N2. The normalized spacial score (nSPS) is 30.1. The molecule has 1 aliphatic carbocycles. The molecule has 98 valence electrons. The van der Waals surface area contributed by atoms with E-state index in [2.05, 4.69) is 35.2 Å². The molecule has 0 unspecified atom stereocenters. The average molecular weight is 244 g/mol. The lowest BCUT2D eigenvalue weighted by Crippen LogP contribution is -2.33. The van der Waals surface area contributed by atoms with E-state index >= 15 is 0 Å². The molecule has 2 atom stereocenters. The molecular weight excluding hydrogens is 220 g/mol. The van der Waals surface area contributed by atoms with Crippen LogP contribution in [0, 0.1) is 11.8 Å². The van der Waals surface area contributed by atoms with Gasteiger partial charge in [-0.3, -0.25) is 4.90 Å². The van der Waals surface area contributed by atoms with Gasteiger partial charge in [0.1, 0.15) is 0 Å². The maximum Gasteiger partial charge on any atom is 0.0234 e. The number of benzene rings is 1. The SMILES string of the molecule is N[C@@H]1CN(Cc2ccccc2)C[C@H]1C1CCCC1.